The van der Waals surface area contributed by atoms with E-state index in [0.29, 0.717) is 23.6 Å². The summed E-state index contributed by atoms with van der Waals surface area (Å²) < 4.78 is 7.52. The van der Waals surface area contributed by atoms with Crippen LogP contribution in [0.25, 0.3) is 0 Å². The number of rotatable bonds is 9. The quantitative estimate of drug-likeness (QED) is 0.229. The molecule has 0 aliphatic carbocycles. The summed E-state index contributed by atoms with van der Waals surface area (Å²) in [5, 5.41) is 30.9. The van der Waals surface area contributed by atoms with Gasteiger partial charge in [0.2, 0.25) is 11.8 Å². The Morgan fingerprint density at radius 1 is 1.22 bits per heavy atom. The molecule has 0 unspecified atom stereocenters. The molecule has 244 valence electrons. The number of aliphatic hydroxyl groups is 1. The maximum Gasteiger partial charge on any atom is 0.410 e. The number of nitro benzene ring substituents is 1. The van der Waals surface area contributed by atoms with Gasteiger partial charge >= 0.3 is 12.1 Å². The number of thioether (sulfide) groups is 1. The first-order valence-corrected chi connectivity index (χ1v) is 15.9. The number of carbonyl (C=O) groups excluding carboxylic acids is 3. The van der Waals surface area contributed by atoms with Gasteiger partial charge in [0.15, 0.2) is 0 Å². The fraction of sp³-hybridized carbons (Fsp3) is 0.500. The third-order valence-electron chi connectivity index (χ3n) is 9.32. The molecule has 5 heterocycles. The van der Waals surface area contributed by atoms with Gasteiger partial charge in [-0.2, -0.15) is 0 Å². The van der Waals surface area contributed by atoms with E-state index in [1.807, 2.05) is 17.7 Å². The molecule has 3 amide bonds. The number of aliphatic hydroxyl groups excluding tert-OH is 1. The van der Waals surface area contributed by atoms with E-state index in [0.717, 1.165) is 6.42 Å². The van der Waals surface area contributed by atoms with Gasteiger partial charge in [-0.15, -0.1) is 11.8 Å². The van der Waals surface area contributed by atoms with Crippen molar-refractivity contribution in [3.05, 3.63) is 69.3 Å². The van der Waals surface area contributed by atoms with Crippen LogP contribution in [0.5, 0.6) is 0 Å². The Morgan fingerprint density at radius 3 is 2.59 bits per heavy atom. The number of hydrogen-bond donors (Lipinski definition) is 2. The molecule has 4 aliphatic rings. The van der Waals surface area contributed by atoms with Gasteiger partial charge in [-0.05, 0) is 37.5 Å². The molecular weight excluding hydrogens is 620 g/mol. The third-order valence-corrected chi connectivity index (χ3v) is 10.8. The molecule has 1 aromatic heterocycles. The van der Waals surface area contributed by atoms with Crippen molar-refractivity contribution < 1.29 is 39.1 Å². The fourth-order valence-electron chi connectivity index (χ4n) is 7.00. The number of carboxylic acids is 1. The predicted molar refractivity (Wildman–Crippen MR) is 162 cm³/mol. The Balaban J connectivity index is 1.21. The molecule has 4 aliphatic heterocycles. The van der Waals surface area contributed by atoms with Crippen molar-refractivity contribution in [3.63, 3.8) is 0 Å². The third kappa shape index (κ3) is 5.59. The van der Waals surface area contributed by atoms with Crippen LogP contribution in [-0.4, -0.2) is 106 Å². The molecule has 0 radical (unpaired) electrons. The maximum atomic E-state index is 13.9. The van der Waals surface area contributed by atoms with Crippen molar-refractivity contribution in [1.82, 2.24) is 24.3 Å². The van der Waals surface area contributed by atoms with E-state index >= 15 is 0 Å². The van der Waals surface area contributed by atoms with Gasteiger partial charge in [0.05, 0.1) is 35.4 Å². The zero-order chi connectivity index (χ0) is 32.9. The molecule has 1 aromatic carbocycles. The Labute approximate surface area is 267 Å². The highest BCUT2D eigenvalue weighted by molar-refractivity contribution is 8.03. The first kappa shape index (κ1) is 31.5. The van der Waals surface area contributed by atoms with Crippen LogP contribution in [0.1, 0.15) is 38.3 Å². The standard InChI is InChI=1S/C30H34N6O9S/c1-16-24-23(17(2)37)28(39)35(24)25(29(40)41)26(16)46-21-11-22(27(38)32-9-7-20(12-32)33-10-8-31-15-33)34(13-21)30(42)45-14-18-3-5-19(6-4-18)36(43)44/h3-6,8,10,15-17,20-24,37H,7,9,11-14H2,1-2H3,(H,40,41)/t16-,17-,20+,21+,22+,23-,24-/m1/s1. The number of ether oxygens (including phenoxy) is 1. The Hall–Kier alpha value is -4.44. The van der Waals surface area contributed by atoms with Gasteiger partial charge < -0.3 is 29.3 Å². The van der Waals surface area contributed by atoms with Crippen LogP contribution in [0.15, 0.2) is 53.6 Å². The largest absolute Gasteiger partial charge is 0.477 e. The van der Waals surface area contributed by atoms with Crippen LogP contribution in [0.4, 0.5) is 10.5 Å². The number of benzene rings is 1. The van der Waals surface area contributed by atoms with Gasteiger partial charge in [-0.3, -0.25) is 24.6 Å². The highest BCUT2D eigenvalue weighted by Crippen LogP contribution is 2.52. The molecule has 2 aromatic rings. The number of aromatic nitrogens is 2. The minimum atomic E-state index is -1.25. The molecule has 2 N–H and O–H groups in total. The first-order valence-electron chi connectivity index (χ1n) is 15.0. The van der Waals surface area contributed by atoms with E-state index in [1.165, 1.54) is 52.8 Å². The lowest BCUT2D eigenvalue weighted by Gasteiger charge is -2.46. The van der Waals surface area contributed by atoms with Crippen molar-refractivity contribution in [2.45, 2.75) is 62.8 Å². The van der Waals surface area contributed by atoms with E-state index in [2.05, 4.69) is 4.98 Å². The smallest absolute Gasteiger partial charge is 0.410 e. The van der Waals surface area contributed by atoms with Crippen molar-refractivity contribution in [3.8, 4) is 0 Å². The molecular formula is C30H34N6O9S. The molecule has 6 rings (SSSR count). The summed E-state index contributed by atoms with van der Waals surface area (Å²) in [7, 11) is 0. The molecule has 3 saturated heterocycles. The number of amides is 3. The summed E-state index contributed by atoms with van der Waals surface area (Å²) in [5.74, 6) is -2.98. The lowest BCUT2D eigenvalue weighted by molar-refractivity contribution is -0.384. The molecule has 3 fully saturated rings. The van der Waals surface area contributed by atoms with Crippen molar-refractivity contribution in [2.75, 3.05) is 19.6 Å². The molecule has 0 saturated carbocycles. The summed E-state index contributed by atoms with van der Waals surface area (Å²) >= 11 is 1.25. The molecule has 7 atom stereocenters. The second-order valence-electron chi connectivity index (χ2n) is 12.1. The minimum absolute atomic E-state index is 0.0482. The average molecular weight is 655 g/mol. The summed E-state index contributed by atoms with van der Waals surface area (Å²) in [4.78, 5) is 72.0. The Bertz CT molecular complexity index is 1580. The second kappa shape index (κ2) is 12.4. The minimum Gasteiger partial charge on any atom is -0.477 e. The number of carbonyl (C=O) groups is 4. The van der Waals surface area contributed by atoms with Crippen molar-refractivity contribution >= 4 is 41.3 Å². The summed E-state index contributed by atoms with van der Waals surface area (Å²) in [6.07, 6.45) is 4.52. The number of β-lactam (4-membered cyclic amide) rings is 1. The number of fused-ring (bicyclic) bond motifs is 1. The van der Waals surface area contributed by atoms with Gasteiger partial charge in [-0.1, -0.05) is 6.92 Å². The monoisotopic (exact) mass is 654 g/mol. The van der Waals surface area contributed by atoms with Crippen LogP contribution >= 0.6 is 11.8 Å². The number of nitro groups is 1. The van der Waals surface area contributed by atoms with E-state index in [-0.39, 0.29) is 54.1 Å². The number of aliphatic carboxylic acids is 1. The van der Waals surface area contributed by atoms with Crippen molar-refractivity contribution in [1.29, 1.82) is 0 Å². The Morgan fingerprint density at radius 2 is 1.96 bits per heavy atom. The number of nitrogens with zero attached hydrogens (tertiary/aromatic N) is 6. The zero-order valence-corrected chi connectivity index (χ0v) is 26.0. The predicted octanol–water partition coefficient (Wildman–Crippen LogP) is 2.23. The van der Waals surface area contributed by atoms with E-state index < -0.39 is 47.0 Å². The zero-order valence-electron chi connectivity index (χ0n) is 25.2. The first-order chi connectivity index (χ1) is 22.0. The molecule has 0 bridgehead atoms. The van der Waals surface area contributed by atoms with E-state index in [4.69, 9.17) is 4.74 Å². The number of carboxylic acid groups (broad SMARTS) is 1. The lowest BCUT2D eigenvalue weighted by Crippen LogP contribution is -2.63. The van der Waals surface area contributed by atoms with Crippen LogP contribution in [0.2, 0.25) is 0 Å². The highest BCUT2D eigenvalue weighted by atomic mass is 32.2. The number of non-ortho nitro benzene ring substituents is 1. The van der Waals surface area contributed by atoms with Gasteiger partial charge in [0.1, 0.15) is 18.3 Å². The summed E-state index contributed by atoms with van der Waals surface area (Å²) in [6.45, 7) is 4.21. The van der Waals surface area contributed by atoms with Gasteiger partial charge in [0, 0.05) is 60.2 Å². The van der Waals surface area contributed by atoms with Crippen LogP contribution in [0.3, 0.4) is 0 Å². The second-order valence-corrected chi connectivity index (χ2v) is 13.5. The van der Waals surface area contributed by atoms with Gasteiger partial charge in [-0.25, -0.2) is 14.6 Å². The fourth-order valence-corrected chi connectivity index (χ4v) is 8.52. The van der Waals surface area contributed by atoms with E-state index in [9.17, 15) is 39.5 Å². The lowest BCUT2D eigenvalue weighted by atomic mass is 9.79. The molecule has 46 heavy (non-hydrogen) atoms. The SMILES string of the molecule is C[C@@H](O)[C@H]1C(=O)N2C(C(=O)O)=C(S[C@H]3C[C@@H](C(=O)N4CC[C@H](n5ccnc5)C4)N(C(=O)OCc4ccc([N+](=O)[O-])cc4)C3)[C@H](C)[C@H]12. The number of hydrogen-bond acceptors (Lipinski definition) is 10. The molecule has 0 spiro atoms. The molecule has 15 nitrogen and oxygen atoms in total. The van der Waals surface area contributed by atoms with Gasteiger partial charge in [0.25, 0.3) is 5.69 Å². The molecule has 16 heteroatoms. The summed E-state index contributed by atoms with van der Waals surface area (Å²) in [6, 6.07) is 4.31. The maximum absolute atomic E-state index is 13.9. The average Bonchev–Trinajstić information content (AvgIpc) is 3.82. The van der Waals surface area contributed by atoms with Crippen molar-refractivity contribution in [2.24, 2.45) is 11.8 Å². The normalized spacial score (nSPS) is 27.9. The van der Waals surface area contributed by atoms with Crippen LogP contribution < -0.4 is 0 Å². The van der Waals surface area contributed by atoms with Crippen LogP contribution in [0, 0.1) is 22.0 Å². The summed E-state index contributed by atoms with van der Waals surface area (Å²) in [5.41, 5.74) is 0.323. The van der Waals surface area contributed by atoms with Crippen LogP contribution in [-0.2, 0) is 25.7 Å². The topological polar surface area (TPSA) is 189 Å². The van der Waals surface area contributed by atoms with E-state index in [1.54, 1.807) is 17.4 Å². The number of imidazole rings is 1. The Kier molecular flexibility index (Phi) is 8.50. The number of likely N-dealkylation sites (tertiary alicyclic amines) is 2. The highest BCUT2D eigenvalue weighted by Gasteiger charge is 2.60.